The number of halogens is 1. The van der Waals surface area contributed by atoms with Crippen LogP contribution in [-0.4, -0.2) is 41.2 Å². The van der Waals surface area contributed by atoms with Crippen LogP contribution in [0, 0.1) is 0 Å². The predicted octanol–water partition coefficient (Wildman–Crippen LogP) is 5.46. The molecular formula is C24H23ClN4OS. The Labute approximate surface area is 190 Å². The van der Waals surface area contributed by atoms with Crippen LogP contribution in [0.1, 0.15) is 11.4 Å². The third kappa shape index (κ3) is 4.57. The third-order valence-corrected chi connectivity index (χ3v) is 6.68. The molecule has 1 N–H and O–H groups in total. The molecule has 2 aromatic heterocycles. The predicted molar refractivity (Wildman–Crippen MR) is 128 cm³/mol. The highest BCUT2D eigenvalue weighted by Crippen LogP contribution is 2.37. The lowest BCUT2D eigenvalue weighted by molar-refractivity contribution is 0.0331. The second kappa shape index (κ2) is 9.32. The molecule has 5 nitrogen and oxygen atoms in total. The second-order valence-electron chi connectivity index (χ2n) is 7.52. The Morgan fingerprint density at radius 1 is 1.00 bits per heavy atom. The molecule has 2 aromatic carbocycles. The number of hydrogen-bond acceptors (Lipinski definition) is 6. The fraction of sp³-hybridized carbons (Fsp3) is 0.250. The molecule has 0 unspecified atom stereocenters. The highest BCUT2D eigenvalue weighted by molar-refractivity contribution is 7.17. The molecule has 1 aliphatic rings. The number of thiophene rings is 1. The van der Waals surface area contributed by atoms with Crippen LogP contribution in [0.25, 0.3) is 21.3 Å². The van der Waals surface area contributed by atoms with Crippen LogP contribution in [0.2, 0.25) is 5.02 Å². The molecule has 31 heavy (non-hydrogen) atoms. The molecule has 0 amide bonds. The van der Waals surface area contributed by atoms with Crippen LogP contribution in [0.15, 0.2) is 60.0 Å². The molecular weight excluding hydrogens is 428 g/mol. The first kappa shape index (κ1) is 20.4. The summed E-state index contributed by atoms with van der Waals surface area (Å²) in [5.74, 6) is 1.69. The van der Waals surface area contributed by atoms with E-state index in [1.807, 2.05) is 30.3 Å². The maximum Gasteiger partial charge on any atom is 0.146 e. The minimum Gasteiger partial charge on any atom is -0.379 e. The van der Waals surface area contributed by atoms with Crippen molar-refractivity contribution in [2.24, 2.45) is 0 Å². The molecule has 0 radical (unpaired) electrons. The number of anilines is 1. The summed E-state index contributed by atoms with van der Waals surface area (Å²) in [4.78, 5) is 13.2. The first-order chi connectivity index (χ1) is 15.3. The number of rotatable bonds is 6. The van der Waals surface area contributed by atoms with Crippen molar-refractivity contribution in [2.45, 2.75) is 13.1 Å². The molecule has 5 rings (SSSR count). The van der Waals surface area contributed by atoms with Gasteiger partial charge in [0.25, 0.3) is 0 Å². The average molecular weight is 451 g/mol. The quantitative estimate of drug-likeness (QED) is 0.423. The number of ether oxygens (including phenoxy) is 1. The van der Waals surface area contributed by atoms with Gasteiger partial charge in [-0.25, -0.2) is 9.97 Å². The molecule has 1 saturated heterocycles. The van der Waals surface area contributed by atoms with Gasteiger partial charge in [-0.15, -0.1) is 11.3 Å². The number of morpholine rings is 1. The fourth-order valence-electron chi connectivity index (χ4n) is 3.79. The van der Waals surface area contributed by atoms with Gasteiger partial charge in [0.1, 0.15) is 16.5 Å². The zero-order chi connectivity index (χ0) is 21.0. The highest BCUT2D eigenvalue weighted by Gasteiger charge is 2.18. The fourth-order valence-corrected chi connectivity index (χ4v) is 4.96. The van der Waals surface area contributed by atoms with Gasteiger partial charge in [0.15, 0.2) is 0 Å². The molecule has 0 atom stereocenters. The number of aromatic nitrogens is 2. The summed E-state index contributed by atoms with van der Waals surface area (Å²) in [7, 11) is 0. The van der Waals surface area contributed by atoms with E-state index in [-0.39, 0.29) is 0 Å². The van der Waals surface area contributed by atoms with Gasteiger partial charge in [0, 0.05) is 35.6 Å². The number of hydrogen-bond donors (Lipinski definition) is 1. The first-order valence-corrected chi connectivity index (χ1v) is 11.6. The summed E-state index contributed by atoms with van der Waals surface area (Å²) < 4.78 is 5.48. The van der Waals surface area contributed by atoms with Crippen molar-refractivity contribution in [1.29, 1.82) is 0 Å². The Kier molecular flexibility index (Phi) is 6.13. The largest absolute Gasteiger partial charge is 0.379 e. The van der Waals surface area contributed by atoms with E-state index < -0.39 is 0 Å². The summed E-state index contributed by atoms with van der Waals surface area (Å²) in [5.41, 5.74) is 3.36. The van der Waals surface area contributed by atoms with E-state index in [9.17, 15) is 0 Å². The summed E-state index contributed by atoms with van der Waals surface area (Å²) in [6, 6.07) is 18.3. The smallest absolute Gasteiger partial charge is 0.146 e. The zero-order valence-corrected chi connectivity index (χ0v) is 18.6. The van der Waals surface area contributed by atoms with Crippen LogP contribution >= 0.6 is 22.9 Å². The van der Waals surface area contributed by atoms with Gasteiger partial charge in [0.2, 0.25) is 0 Å². The Bertz CT molecular complexity index is 1170. The molecule has 0 spiro atoms. The van der Waals surface area contributed by atoms with Crippen molar-refractivity contribution in [3.05, 3.63) is 76.4 Å². The van der Waals surface area contributed by atoms with E-state index in [0.29, 0.717) is 6.54 Å². The molecule has 158 valence electrons. The zero-order valence-electron chi connectivity index (χ0n) is 17.1. The lowest BCUT2D eigenvalue weighted by Gasteiger charge is -2.25. The van der Waals surface area contributed by atoms with Crippen LogP contribution in [0.5, 0.6) is 0 Å². The lowest BCUT2D eigenvalue weighted by Crippen LogP contribution is -2.36. The van der Waals surface area contributed by atoms with Crippen molar-refractivity contribution in [2.75, 3.05) is 31.6 Å². The van der Waals surface area contributed by atoms with Gasteiger partial charge in [0.05, 0.1) is 25.1 Å². The normalized spacial score (nSPS) is 14.7. The monoisotopic (exact) mass is 450 g/mol. The highest BCUT2D eigenvalue weighted by atomic mass is 35.5. The summed E-state index contributed by atoms with van der Waals surface area (Å²) in [6.45, 7) is 4.66. The SMILES string of the molecule is Clc1ccccc1CNc1nc(CN2CCOCC2)nc2scc(-c3ccccc3)c12. The topological polar surface area (TPSA) is 50.3 Å². The van der Waals surface area contributed by atoms with E-state index in [2.05, 4.69) is 39.9 Å². The van der Waals surface area contributed by atoms with Crippen molar-refractivity contribution < 1.29 is 4.74 Å². The third-order valence-electron chi connectivity index (χ3n) is 5.44. The van der Waals surface area contributed by atoms with Gasteiger partial charge in [-0.2, -0.15) is 0 Å². The van der Waals surface area contributed by atoms with Crippen LogP contribution in [0.3, 0.4) is 0 Å². The van der Waals surface area contributed by atoms with E-state index in [1.165, 1.54) is 5.56 Å². The summed E-state index contributed by atoms with van der Waals surface area (Å²) in [5, 5.41) is 7.54. The molecule has 1 fully saturated rings. The summed E-state index contributed by atoms with van der Waals surface area (Å²) in [6.07, 6.45) is 0. The lowest BCUT2D eigenvalue weighted by atomic mass is 10.1. The number of fused-ring (bicyclic) bond motifs is 1. The Morgan fingerprint density at radius 2 is 1.77 bits per heavy atom. The van der Waals surface area contributed by atoms with Crippen molar-refractivity contribution in [1.82, 2.24) is 14.9 Å². The second-order valence-corrected chi connectivity index (χ2v) is 8.78. The van der Waals surface area contributed by atoms with E-state index in [0.717, 1.165) is 70.9 Å². The maximum absolute atomic E-state index is 6.39. The number of nitrogens with one attached hydrogen (secondary N) is 1. The van der Waals surface area contributed by atoms with E-state index in [4.69, 9.17) is 26.3 Å². The molecule has 7 heteroatoms. The van der Waals surface area contributed by atoms with E-state index >= 15 is 0 Å². The minimum absolute atomic E-state index is 0.604. The average Bonchev–Trinajstić information content (AvgIpc) is 3.24. The molecule has 4 aromatic rings. The van der Waals surface area contributed by atoms with Gasteiger partial charge >= 0.3 is 0 Å². The van der Waals surface area contributed by atoms with Crippen molar-refractivity contribution in [3.63, 3.8) is 0 Å². The summed E-state index contributed by atoms with van der Waals surface area (Å²) >= 11 is 8.05. The van der Waals surface area contributed by atoms with Crippen LogP contribution in [-0.2, 0) is 17.8 Å². The number of nitrogens with zero attached hydrogens (tertiary/aromatic N) is 3. The molecule has 3 heterocycles. The Hall–Kier alpha value is -2.51. The molecule has 1 aliphatic heterocycles. The van der Waals surface area contributed by atoms with Gasteiger partial charge in [-0.3, -0.25) is 4.90 Å². The molecule has 0 aliphatic carbocycles. The molecule has 0 saturated carbocycles. The molecule has 0 bridgehead atoms. The van der Waals surface area contributed by atoms with Crippen molar-refractivity contribution in [3.8, 4) is 11.1 Å². The van der Waals surface area contributed by atoms with Gasteiger partial charge in [-0.05, 0) is 17.2 Å². The van der Waals surface area contributed by atoms with Gasteiger partial charge < -0.3 is 10.1 Å². The van der Waals surface area contributed by atoms with Crippen LogP contribution in [0.4, 0.5) is 5.82 Å². The number of benzene rings is 2. The first-order valence-electron chi connectivity index (χ1n) is 10.4. The van der Waals surface area contributed by atoms with E-state index in [1.54, 1.807) is 11.3 Å². The Balaban J connectivity index is 1.53. The minimum atomic E-state index is 0.604. The van der Waals surface area contributed by atoms with Crippen molar-refractivity contribution >= 4 is 39.0 Å². The standard InChI is InChI=1S/C24H23ClN4OS/c25-20-9-5-4-8-18(20)14-26-23-22-19(17-6-2-1-3-7-17)16-31-24(22)28-21(27-23)15-29-10-12-30-13-11-29/h1-9,16H,10-15H2,(H,26,27,28). The Morgan fingerprint density at radius 3 is 2.58 bits per heavy atom. The maximum atomic E-state index is 6.39. The van der Waals surface area contributed by atoms with Gasteiger partial charge in [-0.1, -0.05) is 60.1 Å². The van der Waals surface area contributed by atoms with Crippen LogP contribution < -0.4 is 5.32 Å².